The van der Waals surface area contributed by atoms with Gasteiger partial charge in [-0.3, -0.25) is 14.7 Å². The number of aromatic nitrogens is 2. The van der Waals surface area contributed by atoms with Gasteiger partial charge in [-0.15, -0.1) is 0 Å². The Morgan fingerprint density at radius 1 is 1.09 bits per heavy atom. The number of thiazole rings is 1. The minimum Gasteiger partial charge on any atom is -0.284 e. The number of benzene rings is 2. The van der Waals surface area contributed by atoms with E-state index < -0.39 is 15.7 Å². The van der Waals surface area contributed by atoms with Gasteiger partial charge in [0.1, 0.15) is 11.3 Å². The highest BCUT2D eigenvalue weighted by Crippen LogP contribution is 2.31. The maximum absolute atomic E-state index is 14.2. The van der Waals surface area contributed by atoms with Crippen LogP contribution in [-0.4, -0.2) is 30.0 Å². The van der Waals surface area contributed by atoms with E-state index in [1.54, 1.807) is 54.9 Å². The largest absolute Gasteiger partial charge is 0.284 e. The first-order valence-corrected chi connectivity index (χ1v) is 12.8. The lowest BCUT2D eigenvalue weighted by Gasteiger charge is -2.20. The molecule has 2 aromatic carbocycles. The average Bonchev–Trinajstić information content (AvgIpc) is 3.23. The summed E-state index contributed by atoms with van der Waals surface area (Å²) in [5, 5.41) is 0.366. The molecular weight excluding hydrogens is 461 g/mol. The third-order valence-corrected chi connectivity index (χ3v) is 8.00. The van der Waals surface area contributed by atoms with Crippen LogP contribution in [-0.2, 0) is 21.2 Å². The number of pyridine rings is 1. The number of hydrogen-bond acceptors (Lipinski definition) is 6. The quantitative estimate of drug-likeness (QED) is 0.355. The van der Waals surface area contributed by atoms with Crippen LogP contribution in [0.5, 0.6) is 0 Å². The van der Waals surface area contributed by atoms with Gasteiger partial charge < -0.3 is 0 Å². The topological polar surface area (TPSA) is 80.2 Å². The number of aryl methyl sites for hydroxylation is 1. The summed E-state index contributed by atoms with van der Waals surface area (Å²) in [6.45, 7) is 2.10. The van der Waals surface area contributed by atoms with Crippen molar-refractivity contribution in [3.8, 4) is 0 Å². The van der Waals surface area contributed by atoms with E-state index in [4.69, 9.17) is 0 Å². The van der Waals surface area contributed by atoms with Crippen molar-refractivity contribution < 1.29 is 17.6 Å². The van der Waals surface area contributed by atoms with E-state index in [2.05, 4.69) is 9.97 Å². The zero-order valence-electron chi connectivity index (χ0n) is 17.9. The Kier molecular flexibility index (Phi) is 6.80. The van der Waals surface area contributed by atoms with Crippen LogP contribution < -0.4 is 4.90 Å². The monoisotopic (exact) mass is 483 g/mol. The van der Waals surface area contributed by atoms with E-state index in [-0.39, 0.29) is 41.5 Å². The molecule has 0 aliphatic rings. The summed E-state index contributed by atoms with van der Waals surface area (Å²) in [5.41, 5.74) is 1.98. The second-order valence-corrected chi connectivity index (χ2v) is 10.8. The van der Waals surface area contributed by atoms with Gasteiger partial charge in [-0.05, 0) is 49.2 Å². The van der Waals surface area contributed by atoms with Crippen LogP contribution in [0.1, 0.15) is 24.0 Å². The number of anilines is 1. The number of fused-ring (bicyclic) bond motifs is 1. The lowest BCUT2D eigenvalue weighted by molar-refractivity contribution is -0.118. The number of sulfone groups is 1. The Hall–Kier alpha value is -3.17. The number of rotatable bonds is 8. The van der Waals surface area contributed by atoms with Crippen LogP contribution in [0.4, 0.5) is 9.52 Å². The molecule has 0 saturated carbocycles. The summed E-state index contributed by atoms with van der Waals surface area (Å²) in [5.74, 6) is -0.873. The summed E-state index contributed by atoms with van der Waals surface area (Å²) in [6.07, 6.45) is 3.47. The summed E-state index contributed by atoms with van der Waals surface area (Å²) < 4.78 is 40.1. The molecule has 170 valence electrons. The van der Waals surface area contributed by atoms with Crippen molar-refractivity contribution in [3.05, 3.63) is 83.9 Å². The first-order chi connectivity index (χ1) is 15.8. The fraction of sp³-hybridized carbons (Fsp3) is 0.208. The summed E-state index contributed by atoms with van der Waals surface area (Å²) in [6, 6.07) is 14.9. The molecular formula is C24H22FN3O3S2. The Balaban J connectivity index is 1.53. The number of para-hydroxylation sites is 1. The van der Waals surface area contributed by atoms with Gasteiger partial charge in [0.15, 0.2) is 15.0 Å². The average molecular weight is 484 g/mol. The summed E-state index contributed by atoms with van der Waals surface area (Å²) >= 11 is 1.22. The highest BCUT2D eigenvalue weighted by Gasteiger charge is 2.22. The lowest BCUT2D eigenvalue weighted by atomic mass is 10.2. The van der Waals surface area contributed by atoms with Crippen LogP contribution in [0.25, 0.3) is 10.2 Å². The van der Waals surface area contributed by atoms with Crippen molar-refractivity contribution in [3.63, 3.8) is 0 Å². The number of amides is 1. The van der Waals surface area contributed by atoms with Gasteiger partial charge in [-0.2, -0.15) is 0 Å². The maximum Gasteiger partial charge on any atom is 0.229 e. The predicted molar refractivity (Wildman–Crippen MR) is 127 cm³/mol. The van der Waals surface area contributed by atoms with E-state index in [0.717, 1.165) is 11.1 Å². The summed E-state index contributed by atoms with van der Waals surface area (Å²) in [4.78, 5) is 23.3. The van der Waals surface area contributed by atoms with Gasteiger partial charge in [0.25, 0.3) is 0 Å². The highest BCUT2D eigenvalue weighted by atomic mass is 32.2. The van der Waals surface area contributed by atoms with Crippen LogP contribution >= 0.6 is 11.3 Å². The molecule has 0 aliphatic heterocycles. The first-order valence-electron chi connectivity index (χ1n) is 10.4. The molecule has 33 heavy (non-hydrogen) atoms. The van der Waals surface area contributed by atoms with Crippen molar-refractivity contribution in [2.75, 3.05) is 10.7 Å². The molecule has 0 fully saturated rings. The van der Waals surface area contributed by atoms with Gasteiger partial charge in [0.2, 0.25) is 5.91 Å². The molecule has 0 saturated heterocycles. The van der Waals surface area contributed by atoms with Crippen LogP contribution in [0.3, 0.4) is 0 Å². The molecule has 9 heteroatoms. The van der Waals surface area contributed by atoms with Crippen molar-refractivity contribution in [2.24, 2.45) is 0 Å². The highest BCUT2D eigenvalue weighted by molar-refractivity contribution is 7.91. The van der Waals surface area contributed by atoms with E-state index in [9.17, 15) is 17.6 Å². The SMILES string of the molecule is Cc1ccc(S(=O)(=O)CCCC(=O)N(Cc2cccnc2)c2nc3c(F)cccc3s2)cc1. The zero-order chi connectivity index (χ0) is 23.4. The Bertz CT molecular complexity index is 1370. The van der Waals surface area contributed by atoms with E-state index in [1.807, 2.05) is 13.0 Å². The molecule has 4 rings (SSSR count). The predicted octanol–water partition coefficient (Wildman–Crippen LogP) is 4.93. The van der Waals surface area contributed by atoms with Crippen molar-refractivity contribution in [1.29, 1.82) is 0 Å². The third kappa shape index (κ3) is 5.43. The zero-order valence-corrected chi connectivity index (χ0v) is 19.6. The molecule has 1 amide bonds. The second-order valence-electron chi connectivity index (χ2n) is 7.66. The molecule has 6 nitrogen and oxygen atoms in total. The third-order valence-electron chi connectivity index (χ3n) is 5.14. The number of hydrogen-bond donors (Lipinski definition) is 0. The number of carbonyl (C=O) groups is 1. The lowest BCUT2D eigenvalue weighted by Crippen LogP contribution is -2.30. The molecule has 2 aromatic heterocycles. The van der Waals surface area contributed by atoms with Crippen molar-refractivity contribution in [2.45, 2.75) is 31.2 Å². The van der Waals surface area contributed by atoms with Crippen LogP contribution in [0.2, 0.25) is 0 Å². The molecule has 2 heterocycles. The van der Waals surface area contributed by atoms with E-state index in [0.29, 0.717) is 9.83 Å². The fourth-order valence-electron chi connectivity index (χ4n) is 3.37. The second kappa shape index (κ2) is 9.76. The van der Waals surface area contributed by atoms with E-state index >= 15 is 0 Å². The van der Waals surface area contributed by atoms with Gasteiger partial charge in [-0.25, -0.2) is 17.8 Å². The van der Waals surface area contributed by atoms with Gasteiger partial charge in [0.05, 0.1) is 21.9 Å². The smallest absolute Gasteiger partial charge is 0.229 e. The number of carbonyl (C=O) groups excluding carboxylic acids is 1. The Morgan fingerprint density at radius 3 is 2.58 bits per heavy atom. The molecule has 0 radical (unpaired) electrons. The molecule has 0 bridgehead atoms. The van der Waals surface area contributed by atoms with E-state index in [1.165, 1.54) is 22.3 Å². The Morgan fingerprint density at radius 2 is 1.88 bits per heavy atom. The van der Waals surface area contributed by atoms with Gasteiger partial charge in [-0.1, -0.05) is 41.2 Å². The van der Waals surface area contributed by atoms with Crippen LogP contribution in [0.15, 0.2) is 71.9 Å². The number of nitrogens with zero attached hydrogens (tertiary/aromatic N) is 3. The van der Waals surface area contributed by atoms with Crippen molar-refractivity contribution >= 4 is 42.4 Å². The molecule has 0 spiro atoms. The number of halogens is 1. The van der Waals surface area contributed by atoms with Gasteiger partial charge in [0, 0.05) is 18.8 Å². The van der Waals surface area contributed by atoms with Crippen molar-refractivity contribution in [1.82, 2.24) is 9.97 Å². The van der Waals surface area contributed by atoms with Crippen LogP contribution in [0, 0.1) is 12.7 Å². The summed E-state index contributed by atoms with van der Waals surface area (Å²) in [7, 11) is -3.49. The maximum atomic E-state index is 14.2. The van der Waals surface area contributed by atoms with Gasteiger partial charge >= 0.3 is 0 Å². The molecule has 0 N–H and O–H groups in total. The molecule has 0 aliphatic carbocycles. The molecule has 4 aromatic rings. The minimum absolute atomic E-state index is 0.0176. The molecule has 0 unspecified atom stereocenters. The fourth-order valence-corrected chi connectivity index (χ4v) is 5.67. The normalized spacial score (nSPS) is 11.6. The Labute approximate surface area is 195 Å². The first kappa shape index (κ1) is 23.0. The standard InChI is InChI=1S/C24H22FN3O3S2/c1-17-9-11-19(12-10-17)33(30,31)14-4-8-22(29)28(16-18-5-3-13-26-15-18)24-27-23-20(25)6-2-7-21(23)32-24/h2-3,5-7,9-13,15H,4,8,14,16H2,1H3. The molecule has 0 atom stereocenters. The minimum atomic E-state index is -3.49.